The maximum Gasteiger partial charge on any atom is 0.332 e. The Kier molecular flexibility index (Phi) is 6.03. The molecule has 27 heavy (non-hydrogen) atoms. The van der Waals surface area contributed by atoms with E-state index in [1.165, 1.54) is 5.01 Å². The van der Waals surface area contributed by atoms with Gasteiger partial charge in [-0.25, -0.2) is 9.80 Å². The molecule has 1 amide bonds. The fourth-order valence-electron chi connectivity index (χ4n) is 2.80. The number of amides is 1. The molecule has 0 N–H and O–H groups in total. The summed E-state index contributed by atoms with van der Waals surface area (Å²) < 4.78 is 15.4. The van der Waals surface area contributed by atoms with Crippen molar-refractivity contribution in [3.05, 3.63) is 59.5 Å². The monoisotopic (exact) mass is 370 g/mol. The minimum Gasteiger partial charge on any atom is -0.467 e. The van der Waals surface area contributed by atoms with Crippen molar-refractivity contribution >= 4 is 17.6 Å². The van der Waals surface area contributed by atoms with Gasteiger partial charge in [0, 0.05) is 13.0 Å². The Hall–Kier alpha value is -2.93. The molecule has 2 aromatic rings. The third-order valence-corrected chi connectivity index (χ3v) is 4.20. The van der Waals surface area contributed by atoms with E-state index in [1.54, 1.807) is 25.3 Å². The summed E-state index contributed by atoms with van der Waals surface area (Å²) >= 11 is 0. The quantitative estimate of drug-likeness (QED) is 0.700. The molecule has 2 heterocycles. The summed E-state index contributed by atoms with van der Waals surface area (Å²) in [5.41, 5.74) is 2.88. The van der Waals surface area contributed by atoms with E-state index in [1.807, 2.05) is 31.2 Å². The predicted molar refractivity (Wildman–Crippen MR) is 98.1 cm³/mol. The van der Waals surface area contributed by atoms with Gasteiger partial charge in [-0.1, -0.05) is 29.8 Å². The van der Waals surface area contributed by atoms with E-state index in [2.05, 4.69) is 5.10 Å². The van der Waals surface area contributed by atoms with E-state index in [-0.39, 0.29) is 12.6 Å². The summed E-state index contributed by atoms with van der Waals surface area (Å²) in [7, 11) is 0. The molecule has 1 aliphatic heterocycles. The van der Waals surface area contributed by atoms with Gasteiger partial charge in [0.15, 0.2) is 6.61 Å². The van der Waals surface area contributed by atoms with Gasteiger partial charge in [0.05, 0.1) is 12.0 Å². The fraction of sp³-hybridized carbons (Fsp3) is 0.350. The van der Waals surface area contributed by atoms with Crippen LogP contribution in [0.5, 0.6) is 0 Å². The summed E-state index contributed by atoms with van der Waals surface area (Å²) in [5, 5.41) is 5.82. The topological polar surface area (TPSA) is 81.3 Å². The first-order valence-corrected chi connectivity index (χ1v) is 8.82. The Labute approximate surface area is 157 Å². The highest BCUT2D eigenvalue weighted by molar-refractivity contribution is 6.03. The lowest BCUT2D eigenvalue weighted by Crippen LogP contribution is -2.31. The van der Waals surface area contributed by atoms with Crippen LogP contribution in [0, 0.1) is 6.92 Å². The second kappa shape index (κ2) is 8.64. The third-order valence-electron chi connectivity index (χ3n) is 4.20. The van der Waals surface area contributed by atoms with Crippen molar-refractivity contribution in [1.29, 1.82) is 0 Å². The average Bonchev–Trinajstić information content (AvgIpc) is 3.34. The first-order valence-electron chi connectivity index (χ1n) is 8.82. The van der Waals surface area contributed by atoms with Crippen molar-refractivity contribution in [3.63, 3.8) is 0 Å². The molecule has 0 radical (unpaired) electrons. The summed E-state index contributed by atoms with van der Waals surface area (Å²) in [4.78, 5) is 24.2. The number of hydrogen-bond donors (Lipinski definition) is 0. The third kappa shape index (κ3) is 4.62. The summed E-state index contributed by atoms with van der Waals surface area (Å²) in [6.07, 6.45) is 2.08. The summed E-state index contributed by atoms with van der Waals surface area (Å²) in [5.74, 6) is -0.361. The number of esters is 1. The van der Waals surface area contributed by atoms with Gasteiger partial charge in [0.25, 0.3) is 5.91 Å². The number of ether oxygens (including phenoxy) is 2. The zero-order valence-electron chi connectivity index (χ0n) is 15.4. The lowest BCUT2D eigenvalue weighted by atomic mass is 10.0. The van der Waals surface area contributed by atoms with Gasteiger partial charge in [0.2, 0.25) is 0 Å². The van der Waals surface area contributed by atoms with Crippen molar-refractivity contribution in [3.8, 4) is 0 Å². The highest BCUT2D eigenvalue weighted by Crippen LogP contribution is 2.33. The number of carbonyl (C=O) groups excluding carboxylic acids is 2. The van der Waals surface area contributed by atoms with Crippen molar-refractivity contribution in [2.45, 2.75) is 26.3 Å². The van der Waals surface area contributed by atoms with Crippen LogP contribution >= 0.6 is 0 Å². The van der Waals surface area contributed by atoms with E-state index in [9.17, 15) is 9.59 Å². The molecule has 0 saturated carbocycles. The molecule has 0 bridgehead atoms. The molecule has 0 fully saturated rings. The highest BCUT2D eigenvalue weighted by Gasteiger charge is 2.35. The Balaban J connectivity index is 1.74. The number of nitrogens with zero attached hydrogens (tertiary/aromatic N) is 2. The maximum absolute atomic E-state index is 12.6. The first-order chi connectivity index (χ1) is 13.1. The van der Waals surface area contributed by atoms with Crippen LogP contribution in [-0.2, 0) is 19.1 Å². The van der Waals surface area contributed by atoms with Crippen LogP contribution in [0.2, 0.25) is 0 Å². The summed E-state index contributed by atoms with van der Waals surface area (Å²) in [6, 6.07) is 11.2. The molecule has 0 spiro atoms. The molecule has 7 heteroatoms. The molecule has 3 rings (SSSR count). The fourth-order valence-corrected chi connectivity index (χ4v) is 2.80. The van der Waals surface area contributed by atoms with Crippen molar-refractivity contribution in [2.24, 2.45) is 5.10 Å². The molecule has 1 aromatic heterocycles. The van der Waals surface area contributed by atoms with Crippen LogP contribution in [0.25, 0.3) is 0 Å². The molecule has 0 aliphatic carbocycles. The van der Waals surface area contributed by atoms with Crippen LogP contribution < -0.4 is 0 Å². The molecule has 0 unspecified atom stereocenters. The lowest BCUT2D eigenvalue weighted by molar-refractivity contribution is -0.156. The lowest BCUT2D eigenvalue weighted by Gasteiger charge is -2.19. The van der Waals surface area contributed by atoms with Gasteiger partial charge >= 0.3 is 5.97 Å². The minimum absolute atomic E-state index is 0.177. The number of carbonyl (C=O) groups is 2. The van der Waals surface area contributed by atoms with Crippen LogP contribution in [0.3, 0.4) is 0 Å². The van der Waals surface area contributed by atoms with Gasteiger partial charge in [-0.05, 0) is 31.5 Å². The highest BCUT2D eigenvalue weighted by atomic mass is 16.6. The van der Waals surface area contributed by atoms with Crippen LogP contribution in [0.4, 0.5) is 0 Å². The molecule has 142 valence electrons. The second-order valence-electron chi connectivity index (χ2n) is 6.18. The largest absolute Gasteiger partial charge is 0.467 e. The van der Waals surface area contributed by atoms with E-state index < -0.39 is 18.5 Å². The maximum atomic E-state index is 12.6. The molecule has 1 aromatic carbocycles. The van der Waals surface area contributed by atoms with Gasteiger partial charge < -0.3 is 13.9 Å². The molecular weight excluding hydrogens is 348 g/mol. The van der Waals surface area contributed by atoms with Gasteiger partial charge in [-0.2, -0.15) is 5.10 Å². The van der Waals surface area contributed by atoms with Crippen molar-refractivity contribution in [1.82, 2.24) is 5.01 Å². The SMILES string of the molecule is CCOCC(=O)OCC(=O)N1N=C(c2ccc(C)cc2)C[C@@H]1c1ccco1. The number of aryl methyl sites for hydroxylation is 1. The number of hydrazone groups is 1. The molecule has 7 nitrogen and oxygen atoms in total. The Morgan fingerprint density at radius 2 is 2.00 bits per heavy atom. The van der Waals surface area contributed by atoms with Crippen molar-refractivity contribution < 1.29 is 23.5 Å². The zero-order valence-corrected chi connectivity index (χ0v) is 15.4. The van der Waals surface area contributed by atoms with E-state index in [0.717, 1.165) is 16.8 Å². The Morgan fingerprint density at radius 3 is 2.67 bits per heavy atom. The zero-order chi connectivity index (χ0) is 19.2. The van der Waals surface area contributed by atoms with Crippen LogP contribution in [0.15, 0.2) is 52.2 Å². The minimum atomic E-state index is -0.582. The second-order valence-corrected chi connectivity index (χ2v) is 6.18. The van der Waals surface area contributed by atoms with Gasteiger partial charge in [-0.15, -0.1) is 0 Å². The van der Waals surface area contributed by atoms with Crippen LogP contribution in [-0.4, -0.2) is 42.4 Å². The Bertz CT molecular complexity index is 811. The number of furan rings is 1. The number of benzene rings is 1. The molecule has 1 atom stereocenters. The molecular formula is C20H22N2O5. The molecule has 0 saturated heterocycles. The van der Waals surface area contributed by atoms with Crippen LogP contribution in [0.1, 0.15) is 36.3 Å². The summed E-state index contributed by atoms with van der Waals surface area (Å²) in [6.45, 7) is 3.62. The van der Waals surface area contributed by atoms with Gasteiger partial charge in [-0.3, -0.25) is 4.79 Å². The smallest absolute Gasteiger partial charge is 0.332 e. The predicted octanol–water partition coefficient (Wildman–Crippen LogP) is 2.85. The van der Waals surface area contributed by atoms with E-state index in [4.69, 9.17) is 13.9 Å². The van der Waals surface area contributed by atoms with Gasteiger partial charge in [0.1, 0.15) is 18.4 Å². The molecule has 1 aliphatic rings. The standard InChI is InChI=1S/C20H22N2O5/c1-3-25-13-20(24)27-12-19(23)22-17(18-5-4-10-26-18)11-16(21-22)15-8-6-14(2)7-9-15/h4-10,17H,3,11-13H2,1-2H3/t17-/m1/s1. The number of hydrogen-bond acceptors (Lipinski definition) is 6. The van der Waals surface area contributed by atoms with Crippen molar-refractivity contribution in [2.75, 3.05) is 19.8 Å². The Morgan fingerprint density at radius 1 is 1.22 bits per heavy atom. The normalized spacial score (nSPS) is 16.3. The first kappa shape index (κ1) is 18.8. The van der Waals surface area contributed by atoms with E-state index >= 15 is 0 Å². The average molecular weight is 370 g/mol. The van der Waals surface area contributed by atoms with E-state index in [0.29, 0.717) is 18.8 Å². The number of rotatable bonds is 7.